The van der Waals surface area contributed by atoms with Crippen molar-refractivity contribution in [3.63, 3.8) is 0 Å². The van der Waals surface area contributed by atoms with Gasteiger partial charge in [0, 0.05) is 22.2 Å². The molecule has 0 aliphatic rings. The van der Waals surface area contributed by atoms with Gasteiger partial charge in [-0.25, -0.2) is 4.99 Å². The Morgan fingerprint density at radius 1 is 1.20 bits per heavy atom. The molecule has 0 atom stereocenters. The topological polar surface area (TPSA) is 106 Å². The van der Waals surface area contributed by atoms with Crippen molar-refractivity contribution in [1.82, 2.24) is 4.98 Å². The van der Waals surface area contributed by atoms with Crippen molar-refractivity contribution in [2.45, 2.75) is 20.5 Å². The average molecular weight is 494 g/mol. The van der Waals surface area contributed by atoms with E-state index in [0.717, 1.165) is 0 Å². The molecule has 35 heavy (non-hydrogen) atoms. The number of methoxy groups -OCH3 is 1. The molecule has 4 rings (SSSR count). The molecule has 9 heteroatoms. The summed E-state index contributed by atoms with van der Waals surface area (Å²) in [7, 11) is 1.50. The van der Waals surface area contributed by atoms with Gasteiger partial charge >= 0.3 is 0 Å². The quantitative estimate of drug-likeness (QED) is 0.367. The zero-order valence-electron chi connectivity index (χ0n) is 19.5. The first kappa shape index (κ1) is 24.3. The lowest BCUT2D eigenvalue weighted by Gasteiger charge is -2.12. The van der Waals surface area contributed by atoms with Crippen molar-refractivity contribution in [1.29, 1.82) is 0 Å². The van der Waals surface area contributed by atoms with Crippen molar-refractivity contribution in [3.8, 4) is 11.5 Å². The molecule has 0 saturated carbocycles. The molecule has 2 aromatic carbocycles. The van der Waals surface area contributed by atoms with E-state index < -0.39 is 5.91 Å². The predicted octanol–water partition coefficient (Wildman–Crippen LogP) is 5.17. The van der Waals surface area contributed by atoms with Crippen LogP contribution < -0.4 is 20.3 Å². The minimum absolute atomic E-state index is 0.0835. The number of benzene rings is 2. The Balaban J connectivity index is 1.88. The first-order valence-corrected chi connectivity index (χ1v) is 11.3. The predicted molar refractivity (Wildman–Crippen MR) is 133 cm³/mol. The summed E-state index contributed by atoms with van der Waals surface area (Å²) in [6.07, 6.45) is 1.55. The zero-order chi connectivity index (χ0) is 24.9. The molecule has 180 valence electrons. The Hall–Kier alpha value is -3.88. The number of hydrogen-bond donors (Lipinski definition) is 2. The highest BCUT2D eigenvalue weighted by Crippen LogP contribution is 2.29. The van der Waals surface area contributed by atoms with Crippen LogP contribution >= 0.6 is 11.6 Å². The third kappa shape index (κ3) is 5.29. The summed E-state index contributed by atoms with van der Waals surface area (Å²) < 4.78 is 16.9. The lowest BCUT2D eigenvalue weighted by Crippen LogP contribution is -2.22. The van der Waals surface area contributed by atoms with Crippen molar-refractivity contribution < 1.29 is 23.8 Å². The van der Waals surface area contributed by atoms with Gasteiger partial charge in [-0.05, 0) is 62.4 Å². The number of pyridine rings is 1. The molecule has 1 amide bonds. The first-order valence-electron chi connectivity index (χ1n) is 10.9. The van der Waals surface area contributed by atoms with Crippen LogP contribution in [0.5, 0.6) is 11.5 Å². The second kappa shape index (κ2) is 10.6. The SMILES string of the molecule is CCOc1ccc(N=c2oc3c(C)ncc(CO)c3cc2C(=O)Nc2cc(Cl)ccc2OC)cc1. The van der Waals surface area contributed by atoms with Gasteiger partial charge in [-0.3, -0.25) is 9.78 Å². The Morgan fingerprint density at radius 2 is 1.97 bits per heavy atom. The van der Waals surface area contributed by atoms with Crippen LogP contribution in [0.15, 0.2) is 64.1 Å². The number of amides is 1. The second-order valence-electron chi connectivity index (χ2n) is 7.57. The number of hydrogen-bond acceptors (Lipinski definition) is 7. The maximum absolute atomic E-state index is 13.4. The molecule has 2 heterocycles. The first-order chi connectivity index (χ1) is 16.9. The summed E-state index contributed by atoms with van der Waals surface area (Å²) in [4.78, 5) is 22.3. The number of rotatable bonds is 7. The number of aromatic nitrogens is 1. The van der Waals surface area contributed by atoms with Crippen LogP contribution in [0.3, 0.4) is 0 Å². The number of carbonyl (C=O) groups is 1. The standard InChI is InChI=1S/C26H24ClN3O5/c1-4-34-19-8-6-18(7-9-19)29-26-21(12-20-16(14-31)13-28-15(2)24(20)35-26)25(32)30-22-11-17(27)5-10-23(22)33-3/h5-13,31H,4,14H2,1-3H3,(H,30,32). The van der Waals surface area contributed by atoms with Crippen LogP contribution in [-0.4, -0.2) is 29.7 Å². The lowest BCUT2D eigenvalue weighted by molar-refractivity contribution is 0.102. The van der Waals surface area contributed by atoms with Crippen LogP contribution in [0.2, 0.25) is 5.02 Å². The highest BCUT2D eigenvalue weighted by Gasteiger charge is 2.18. The van der Waals surface area contributed by atoms with E-state index in [1.165, 1.54) is 7.11 Å². The number of ether oxygens (including phenoxy) is 2. The minimum atomic E-state index is -0.487. The molecule has 0 saturated heterocycles. The van der Waals surface area contributed by atoms with E-state index in [1.54, 1.807) is 61.7 Å². The van der Waals surface area contributed by atoms with Gasteiger partial charge in [-0.2, -0.15) is 0 Å². The third-order valence-corrected chi connectivity index (χ3v) is 5.49. The molecule has 0 spiro atoms. The van der Waals surface area contributed by atoms with E-state index in [1.807, 2.05) is 6.92 Å². The molecule has 8 nitrogen and oxygen atoms in total. The van der Waals surface area contributed by atoms with Crippen molar-refractivity contribution in [2.75, 3.05) is 19.0 Å². The van der Waals surface area contributed by atoms with Gasteiger partial charge in [0.25, 0.3) is 5.91 Å². The fourth-order valence-electron chi connectivity index (χ4n) is 3.53. The van der Waals surface area contributed by atoms with Gasteiger partial charge in [0.05, 0.1) is 37.4 Å². The monoisotopic (exact) mass is 493 g/mol. The van der Waals surface area contributed by atoms with E-state index in [0.29, 0.717) is 56.7 Å². The van der Waals surface area contributed by atoms with Crippen molar-refractivity contribution in [2.24, 2.45) is 4.99 Å². The van der Waals surface area contributed by atoms with Gasteiger partial charge in [-0.1, -0.05) is 11.6 Å². The number of aliphatic hydroxyl groups is 1. The number of fused-ring (bicyclic) bond motifs is 1. The average Bonchev–Trinajstić information content (AvgIpc) is 2.86. The van der Waals surface area contributed by atoms with Crippen LogP contribution in [0.25, 0.3) is 11.0 Å². The number of aliphatic hydroxyl groups excluding tert-OH is 1. The molecule has 4 aromatic rings. The van der Waals surface area contributed by atoms with Crippen LogP contribution in [0.4, 0.5) is 11.4 Å². The summed E-state index contributed by atoms with van der Waals surface area (Å²) in [6.45, 7) is 3.97. The summed E-state index contributed by atoms with van der Waals surface area (Å²) in [5, 5.41) is 13.6. The van der Waals surface area contributed by atoms with Gasteiger partial charge in [0.2, 0.25) is 5.55 Å². The maximum Gasteiger partial charge on any atom is 0.261 e. The number of nitrogens with zero attached hydrogens (tertiary/aromatic N) is 2. The number of anilines is 1. The Morgan fingerprint density at radius 3 is 2.66 bits per heavy atom. The van der Waals surface area contributed by atoms with E-state index >= 15 is 0 Å². The Kier molecular flexibility index (Phi) is 7.33. The molecule has 2 N–H and O–H groups in total. The molecule has 0 unspecified atom stereocenters. The number of nitrogens with one attached hydrogen (secondary N) is 1. The van der Waals surface area contributed by atoms with Gasteiger partial charge in [-0.15, -0.1) is 0 Å². The summed E-state index contributed by atoms with van der Waals surface area (Å²) >= 11 is 6.12. The van der Waals surface area contributed by atoms with Gasteiger partial charge in [0.1, 0.15) is 17.1 Å². The summed E-state index contributed by atoms with van der Waals surface area (Å²) in [5.74, 6) is 0.668. The fraction of sp³-hybridized carbons (Fsp3) is 0.192. The highest BCUT2D eigenvalue weighted by atomic mass is 35.5. The Bertz CT molecular complexity index is 1450. The summed E-state index contributed by atoms with van der Waals surface area (Å²) in [5.41, 5.74) is 2.76. The maximum atomic E-state index is 13.4. The van der Waals surface area contributed by atoms with Gasteiger partial charge in [0.15, 0.2) is 5.58 Å². The molecule has 2 aromatic heterocycles. The van der Waals surface area contributed by atoms with E-state index in [9.17, 15) is 9.90 Å². The van der Waals surface area contributed by atoms with E-state index in [2.05, 4.69) is 15.3 Å². The minimum Gasteiger partial charge on any atom is -0.495 e. The lowest BCUT2D eigenvalue weighted by atomic mass is 10.1. The highest BCUT2D eigenvalue weighted by molar-refractivity contribution is 6.31. The Labute approximate surface area is 206 Å². The van der Waals surface area contributed by atoms with Crippen LogP contribution in [-0.2, 0) is 6.61 Å². The molecule has 0 fully saturated rings. The van der Waals surface area contributed by atoms with Crippen LogP contribution in [0.1, 0.15) is 28.5 Å². The molecular weight excluding hydrogens is 470 g/mol. The normalized spacial score (nSPS) is 11.5. The number of carbonyl (C=O) groups excluding carboxylic acids is 1. The zero-order valence-corrected chi connectivity index (χ0v) is 20.2. The molecule has 0 bridgehead atoms. The second-order valence-corrected chi connectivity index (χ2v) is 8.01. The number of aryl methyl sites for hydroxylation is 1. The molecule has 0 aliphatic carbocycles. The molecule has 0 radical (unpaired) electrons. The van der Waals surface area contributed by atoms with Crippen molar-refractivity contribution >= 4 is 39.9 Å². The van der Waals surface area contributed by atoms with E-state index in [4.69, 9.17) is 25.5 Å². The largest absolute Gasteiger partial charge is 0.495 e. The third-order valence-electron chi connectivity index (χ3n) is 5.25. The fourth-order valence-corrected chi connectivity index (χ4v) is 3.70. The smallest absolute Gasteiger partial charge is 0.261 e. The van der Waals surface area contributed by atoms with Crippen LogP contribution in [0, 0.1) is 6.92 Å². The van der Waals surface area contributed by atoms with Crippen molar-refractivity contribution in [3.05, 3.63) is 82.1 Å². The van der Waals surface area contributed by atoms with Gasteiger partial charge < -0.3 is 24.3 Å². The number of halogens is 1. The van der Waals surface area contributed by atoms with E-state index in [-0.39, 0.29) is 17.7 Å². The molecular formula is C26H24ClN3O5. The summed E-state index contributed by atoms with van der Waals surface area (Å²) in [6, 6.07) is 13.7. The molecule has 0 aliphatic heterocycles.